The molecule has 0 radical (unpaired) electrons. The molecule has 0 saturated heterocycles. The van der Waals surface area contributed by atoms with Crippen LogP contribution in [0.15, 0.2) is 28.7 Å². The van der Waals surface area contributed by atoms with E-state index >= 15 is 0 Å². The Bertz CT molecular complexity index is 494. The van der Waals surface area contributed by atoms with Crippen molar-refractivity contribution in [1.82, 2.24) is 10.2 Å². The van der Waals surface area contributed by atoms with Gasteiger partial charge in [-0.3, -0.25) is 5.10 Å². The molecule has 1 aromatic heterocycles. The molecule has 1 aromatic carbocycles. The van der Waals surface area contributed by atoms with E-state index in [1.165, 1.54) is 0 Å². The van der Waals surface area contributed by atoms with Crippen LogP contribution in [0.2, 0.25) is 0 Å². The maximum atomic E-state index is 5.20. The van der Waals surface area contributed by atoms with Crippen LogP contribution in [0.4, 0.5) is 0 Å². The summed E-state index contributed by atoms with van der Waals surface area (Å²) < 4.78 is 6.23. The lowest BCUT2D eigenvalue weighted by atomic mass is 10.1. The van der Waals surface area contributed by atoms with Crippen molar-refractivity contribution < 1.29 is 4.74 Å². The predicted molar refractivity (Wildman–Crippen MR) is 67.7 cm³/mol. The van der Waals surface area contributed by atoms with Crippen molar-refractivity contribution in [1.29, 1.82) is 0 Å². The van der Waals surface area contributed by atoms with Gasteiger partial charge in [0.05, 0.1) is 11.6 Å². The van der Waals surface area contributed by atoms with Crippen molar-refractivity contribution in [3.63, 3.8) is 0 Å². The zero-order chi connectivity index (χ0) is 11.5. The molecule has 0 saturated carbocycles. The summed E-state index contributed by atoms with van der Waals surface area (Å²) in [7, 11) is 1.66. The highest BCUT2D eigenvalue weighted by Gasteiger charge is 2.11. The van der Waals surface area contributed by atoms with E-state index in [9.17, 15) is 0 Å². The van der Waals surface area contributed by atoms with E-state index in [1.807, 2.05) is 24.3 Å². The van der Waals surface area contributed by atoms with Gasteiger partial charge in [-0.15, -0.1) is 0 Å². The number of methoxy groups -OCH3 is 1. The minimum Gasteiger partial charge on any atom is -0.497 e. The number of nitrogens with one attached hydrogen (secondary N) is 1. The Balaban J connectivity index is 2.45. The van der Waals surface area contributed by atoms with Gasteiger partial charge >= 0.3 is 0 Å². The van der Waals surface area contributed by atoms with Gasteiger partial charge in [-0.2, -0.15) is 5.10 Å². The smallest absolute Gasteiger partial charge is 0.119 e. The van der Waals surface area contributed by atoms with Crippen molar-refractivity contribution >= 4 is 15.9 Å². The highest BCUT2D eigenvalue weighted by atomic mass is 79.9. The zero-order valence-corrected chi connectivity index (χ0v) is 10.8. The Morgan fingerprint density at radius 2 is 2.25 bits per heavy atom. The van der Waals surface area contributed by atoms with E-state index in [4.69, 9.17) is 4.74 Å². The number of H-pyrrole nitrogens is 1. The summed E-state index contributed by atoms with van der Waals surface area (Å²) in [5.41, 5.74) is 3.08. The lowest BCUT2D eigenvalue weighted by Gasteiger charge is -2.02. The second-order valence-corrected chi connectivity index (χ2v) is 4.24. The third-order valence-electron chi connectivity index (χ3n) is 2.47. The molecule has 0 aliphatic heterocycles. The molecule has 0 unspecified atom stereocenters. The van der Waals surface area contributed by atoms with Gasteiger partial charge in [0.1, 0.15) is 11.4 Å². The van der Waals surface area contributed by atoms with Gasteiger partial charge in [-0.1, -0.05) is 19.1 Å². The summed E-state index contributed by atoms with van der Waals surface area (Å²) in [6, 6.07) is 7.87. The Labute approximate surface area is 103 Å². The largest absolute Gasteiger partial charge is 0.497 e. The molecule has 0 amide bonds. The monoisotopic (exact) mass is 280 g/mol. The van der Waals surface area contributed by atoms with Crippen LogP contribution in [0.25, 0.3) is 11.3 Å². The molecular formula is C12H13BrN2O. The van der Waals surface area contributed by atoms with Crippen LogP contribution in [0.5, 0.6) is 5.75 Å². The number of halogens is 1. The van der Waals surface area contributed by atoms with Crippen LogP contribution >= 0.6 is 15.9 Å². The normalized spacial score (nSPS) is 10.4. The lowest BCUT2D eigenvalue weighted by molar-refractivity contribution is 0.415. The summed E-state index contributed by atoms with van der Waals surface area (Å²) in [6.07, 6.45) is 0.928. The van der Waals surface area contributed by atoms with E-state index in [0.717, 1.165) is 33.6 Å². The molecule has 0 atom stereocenters. The fraction of sp³-hybridized carbons (Fsp3) is 0.250. The molecule has 2 aromatic rings. The van der Waals surface area contributed by atoms with E-state index < -0.39 is 0 Å². The maximum Gasteiger partial charge on any atom is 0.119 e. The van der Waals surface area contributed by atoms with Crippen molar-refractivity contribution in [2.75, 3.05) is 7.11 Å². The number of hydrogen-bond donors (Lipinski definition) is 1. The molecule has 1 heterocycles. The van der Waals surface area contributed by atoms with Gasteiger partial charge in [0.15, 0.2) is 0 Å². The first kappa shape index (κ1) is 11.2. The van der Waals surface area contributed by atoms with E-state index in [0.29, 0.717) is 0 Å². The topological polar surface area (TPSA) is 37.9 Å². The third-order valence-corrected chi connectivity index (χ3v) is 3.33. The fourth-order valence-corrected chi connectivity index (χ4v) is 2.25. The minimum absolute atomic E-state index is 0.838. The standard InChI is InChI=1S/C12H13BrN2O/c1-3-10-11(13)12(15-14-10)8-5-4-6-9(7-8)16-2/h4-7H,3H2,1-2H3,(H,14,15). The van der Waals surface area contributed by atoms with Crippen molar-refractivity contribution in [3.05, 3.63) is 34.4 Å². The van der Waals surface area contributed by atoms with Crippen molar-refractivity contribution in [2.45, 2.75) is 13.3 Å². The van der Waals surface area contributed by atoms with Crippen LogP contribution in [0, 0.1) is 0 Å². The Hall–Kier alpha value is -1.29. The second-order valence-electron chi connectivity index (χ2n) is 3.45. The van der Waals surface area contributed by atoms with E-state index in [2.05, 4.69) is 33.1 Å². The highest BCUT2D eigenvalue weighted by Crippen LogP contribution is 2.30. The van der Waals surface area contributed by atoms with E-state index in [1.54, 1.807) is 7.11 Å². The molecule has 2 rings (SSSR count). The molecule has 0 fully saturated rings. The van der Waals surface area contributed by atoms with Gasteiger partial charge in [0.2, 0.25) is 0 Å². The van der Waals surface area contributed by atoms with Gasteiger partial charge in [-0.25, -0.2) is 0 Å². The van der Waals surface area contributed by atoms with Crippen LogP contribution in [0.3, 0.4) is 0 Å². The molecule has 4 heteroatoms. The van der Waals surface area contributed by atoms with Crippen LogP contribution in [-0.4, -0.2) is 17.3 Å². The number of aromatic nitrogens is 2. The van der Waals surface area contributed by atoms with Crippen molar-refractivity contribution in [2.24, 2.45) is 0 Å². The van der Waals surface area contributed by atoms with Gasteiger partial charge in [-0.05, 0) is 34.5 Å². The lowest BCUT2D eigenvalue weighted by Crippen LogP contribution is -1.84. The summed E-state index contributed by atoms with van der Waals surface area (Å²) in [6.45, 7) is 2.09. The zero-order valence-electron chi connectivity index (χ0n) is 9.25. The van der Waals surface area contributed by atoms with Crippen LogP contribution in [0.1, 0.15) is 12.6 Å². The summed E-state index contributed by atoms with van der Waals surface area (Å²) in [5, 5.41) is 7.33. The molecule has 0 bridgehead atoms. The number of nitrogens with zero attached hydrogens (tertiary/aromatic N) is 1. The second kappa shape index (κ2) is 4.70. The fourth-order valence-electron chi connectivity index (χ4n) is 1.56. The highest BCUT2D eigenvalue weighted by molar-refractivity contribution is 9.10. The molecule has 1 N–H and O–H groups in total. The van der Waals surface area contributed by atoms with Gasteiger partial charge in [0.25, 0.3) is 0 Å². The Kier molecular flexibility index (Phi) is 3.29. The molecule has 0 aliphatic carbocycles. The Morgan fingerprint density at radius 1 is 1.44 bits per heavy atom. The number of aryl methyl sites for hydroxylation is 1. The first-order valence-electron chi connectivity index (χ1n) is 5.13. The number of aromatic amines is 1. The van der Waals surface area contributed by atoms with E-state index in [-0.39, 0.29) is 0 Å². The predicted octanol–water partition coefficient (Wildman–Crippen LogP) is 3.41. The van der Waals surface area contributed by atoms with Gasteiger partial charge < -0.3 is 4.74 Å². The summed E-state index contributed by atoms with van der Waals surface area (Å²) >= 11 is 3.56. The number of ether oxygens (including phenoxy) is 1. The molecule has 16 heavy (non-hydrogen) atoms. The molecule has 0 spiro atoms. The van der Waals surface area contributed by atoms with Crippen LogP contribution < -0.4 is 4.74 Å². The number of rotatable bonds is 3. The summed E-state index contributed by atoms with van der Waals surface area (Å²) in [5.74, 6) is 0.838. The average Bonchev–Trinajstić information content (AvgIpc) is 2.70. The quantitative estimate of drug-likeness (QED) is 0.936. The average molecular weight is 281 g/mol. The minimum atomic E-state index is 0.838. The SMILES string of the molecule is CCc1[nH]nc(-c2cccc(OC)c2)c1Br. The van der Waals surface area contributed by atoms with Crippen LogP contribution in [-0.2, 0) is 6.42 Å². The first-order chi connectivity index (χ1) is 7.76. The first-order valence-corrected chi connectivity index (χ1v) is 5.92. The molecule has 84 valence electrons. The number of benzene rings is 1. The summed E-state index contributed by atoms with van der Waals surface area (Å²) in [4.78, 5) is 0. The third kappa shape index (κ3) is 1.97. The molecule has 3 nitrogen and oxygen atoms in total. The number of hydrogen-bond acceptors (Lipinski definition) is 2. The molecule has 0 aliphatic rings. The molecular weight excluding hydrogens is 268 g/mol. The van der Waals surface area contributed by atoms with Gasteiger partial charge in [0, 0.05) is 11.3 Å². The van der Waals surface area contributed by atoms with Crippen molar-refractivity contribution in [3.8, 4) is 17.0 Å². The maximum absolute atomic E-state index is 5.20. The Morgan fingerprint density at radius 3 is 2.88 bits per heavy atom.